The fourth-order valence-electron chi connectivity index (χ4n) is 4.38. The van der Waals surface area contributed by atoms with Crippen LogP contribution in [-0.4, -0.2) is 17.6 Å². The van der Waals surface area contributed by atoms with Crippen molar-refractivity contribution in [1.82, 2.24) is 4.57 Å². The van der Waals surface area contributed by atoms with Crippen LogP contribution in [0.1, 0.15) is 35.2 Å². The van der Waals surface area contributed by atoms with Gasteiger partial charge in [-0.05, 0) is 54.5 Å². The van der Waals surface area contributed by atoms with Crippen LogP contribution in [0.25, 0.3) is 6.08 Å². The second-order valence-corrected chi connectivity index (χ2v) is 10.7. The van der Waals surface area contributed by atoms with E-state index < -0.39 is 12.0 Å². The number of halogens is 1. The van der Waals surface area contributed by atoms with Crippen molar-refractivity contribution in [3.8, 4) is 11.8 Å². The SMILES string of the molecule is COC(=O)C1=C(C)N=c2s/c(=C/c3ccc(OCc4ccccc4C#N)cc3)c(=O)n2C1c1ccc(Br)cc1. The van der Waals surface area contributed by atoms with Gasteiger partial charge in [-0.25, -0.2) is 9.79 Å². The lowest BCUT2D eigenvalue weighted by atomic mass is 9.96. The zero-order valence-electron chi connectivity index (χ0n) is 21.1. The second kappa shape index (κ2) is 11.2. The zero-order valence-corrected chi connectivity index (χ0v) is 23.5. The highest BCUT2D eigenvalue weighted by molar-refractivity contribution is 9.10. The number of carbonyl (C=O) groups is 1. The maximum atomic E-state index is 13.7. The summed E-state index contributed by atoms with van der Waals surface area (Å²) < 4.78 is 13.9. The molecule has 0 saturated heterocycles. The predicted octanol–water partition coefficient (Wildman–Crippen LogP) is 4.62. The number of methoxy groups -OCH3 is 1. The topological polar surface area (TPSA) is 93.7 Å². The van der Waals surface area contributed by atoms with Crippen LogP contribution in [0.4, 0.5) is 0 Å². The molecule has 0 saturated carbocycles. The number of fused-ring (bicyclic) bond motifs is 1. The molecule has 0 radical (unpaired) electrons. The first kappa shape index (κ1) is 26.4. The van der Waals surface area contributed by atoms with Gasteiger partial charge in [0.05, 0.1) is 40.6 Å². The number of rotatable bonds is 6. The van der Waals surface area contributed by atoms with E-state index in [0.717, 1.165) is 21.2 Å². The van der Waals surface area contributed by atoms with E-state index >= 15 is 0 Å². The number of aromatic nitrogens is 1. The number of carbonyl (C=O) groups excluding carboxylic acids is 1. The number of hydrogen-bond acceptors (Lipinski definition) is 7. The molecule has 0 bridgehead atoms. The molecule has 9 heteroatoms. The number of thiazole rings is 1. The molecule has 0 aliphatic carbocycles. The molecular formula is C30H22BrN3O4S. The maximum absolute atomic E-state index is 13.7. The molecule has 0 fully saturated rings. The van der Waals surface area contributed by atoms with Crippen LogP contribution < -0.4 is 19.6 Å². The van der Waals surface area contributed by atoms with Crippen LogP contribution in [0.2, 0.25) is 0 Å². The Morgan fingerprint density at radius 2 is 1.85 bits per heavy atom. The molecule has 1 atom stereocenters. The zero-order chi connectivity index (χ0) is 27.5. The van der Waals surface area contributed by atoms with Crippen LogP contribution in [-0.2, 0) is 16.1 Å². The van der Waals surface area contributed by atoms with Crippen molar-refractivity contribution >= 4 is 39.3 Å². The summed E-state index contributed by atoms with van der Waals surface area (Å²) in [6.07, 6.45) is 1.80. The Balaban J connectivity index is 1.49. The molecule has 5 rings (SSSR count). The third-order valence-electron chi connectivity index (χ3n) is 6.32. The molecule has 7 nitrogen and oxygen atoms in total. The second-order valence-electron chi connectivity index (χ2n) is 8.75. The number of allylic oxidation sites excluding steroid dienone is 1. The minimum absolute atomic E-state index is 0.242. The Labute approximate surface area is 236 Å². The van der Waals surface area contributed by atoms with Crippen molar-refractivity contribution in [2.24, 2.45) is 4.99 Å². The van der Waals surface area contributed by atoms with E-state index in [4.69, 9.17) is 9.47 Å². The van der Waals surface area contributed by atoms with Crippen LogP contribution in [0.3, 0.4) is 0 Å². The van der Waals surface area contributed by atoms with Crippen LogP contribution >= 0.6 is 27.3 Å². The highest BCUT2D eigenvalue weighted by atomic mass is 79.9. The molecule has 3 aromatic carbocycles. The number of nitrogens with zero attached hydrogens (tertiary/aromatic N) is 3. The molecule has 0 amide bonds. The summed E-state index contributed by atoms with van der Waals surface area (Å²) in [5.74, 6) is 0.126. The van der Waals surface area contributed by atoms with E-state index in [1.54, 1.807) is 23.6 Å². The van der Waals surface area contributed by atoms with Crippen LogP contribution in [0, 0.1) is 11.3 Å². The lowest BCUT2D eigenvalue weighted by Gasteiger charge is -2.24. The van der Waals surface area contributed by atoms with Crippen molar-refractivity contribution in [1.29, 1.82) is 5.26 Å². The van der Waals surface area contributed by atoms with Crippen LogP contribution in [0.5, 0.6) is 5.75 Å². The van der Waals surface area contributed by atoms with Gasteiger partial charge in [-0.3, -0.25) is 9.36 Å². The Hall–Kier alpha value is -4.26. The minimum Gasteiger partial charge on any atom is -0.489 e. The summed E-state index contributed by atoms with van der Waals surface area (Å²) in [5, 5.41) is 9.27. The summed E-state index contributed by atoms with van der Waals surface area (Å²) in [4.78, 5) is 31.5. The van der Waals surface area contributed by atoms with Crippen molar-refractivity contribution < 1.29 is 14.3 Å². The lowest BCUT2D eigenvalue weighted by Crippen LogP contribution is -2.39. The maximum Gasteiger partial charge on any atom is 0.338 e. The van der Waals surface area contributed by atoms with E-state index in [1.165, 1.54) is 18.4 Å². The Morgan fingerprint density at radius 1 is 1.13 bits per heavy atom. The van der Waals surface area contributed by atoms with Gasteiger partial charge >= 0.3 is 5.97 Å². The molecule has 0 N–H and O–H groups in total. The Morgan fingerprint density at radius 3 is 2.54 bits per heavy atom. The molecule has 194 valence electrons. The first-order chi connectivity index (χ1) is 18.9. The molecule has 39 heavy (non-hydrogen) atoms. The van der Waals surface area contributed by atoms with Gasteiger partial charge in [0.1, 0.15) is 12.4 Å². The van der Waals surface area contributed by atoms with Gasteiger partial charge in [0, 0.05) is 10.0 Å². The Kier molecular flexibility index (Phi) is 7.59. The van der Waals surface area contributed by atoms with E-state index in [1.807, 2.05) is 66.7 Å². The fourth-order valence-corrected chi connectivity index (χ4v) is 5.69. The van der Waals surface area contributed by atoms with E-state index in [0.29, 0.717) is 31.9 Å². The van der Waals surface area contributed by atoms with E-state index in [-0.39, 0.29) is 12.2 Å². The standard InChI is InChI=1S/C30H22BrN3O4S/c1-18-26(29(36)37-2)27(20-9-11-23(31)12-10-20)34-28(35)25(39-30(34)33-18)15-19-7-13-24(14-8-19)38-17-22-6-4-3-5-21(22)16-32/h3-15,27H,17H2,1-2H3/b25-15+. The summed E-state index contributed by atoms with van der Waals surface area (Å²) in [6, 6.07) is 23.7. The predicted molar refractivity (Wildman–Crippen MR) is 152 cm³/mol. The van der Waals surface area contributed by atoms with Gasteiger partial charge in [-0.2, -0.15) is 5.26 Å². The first-order valence-electron chi connectivity index (χ1n) is 12.0. The van der Waals surface area contributed by atoms with Gasteiger partial charge in [0.15, 0.2) is 4.80 Å². The van der Waals surface area contributed by atoms with Crippen molar-refractivity contribution in [3.63, 3.8) is 0 Å². The molecule has 1 unspecified atom stereocenters. The molecule has 1 aliphatic heterocycles. The Bertz CT molecular complexity index is 1810. The fraction of sp³-hybridized carbons (Fsp3) is 0.133. The van der Waals surface area contributed by atoms with Gasteiger partial charge < -0.3 is 9.47 Å². The summed E-state index contributed by atoms with van der Waals surface area (Å²) in [5.41, 5.74) is 3.59. The molecule has 0 spiro atoms. The molecule has 4 aromatic rings. The number of nitriles is 1. The van der Waals surface area contributed by atoms with Crippen molar-refractivity contribution in [2.75, 3.05) is 7.11 Å². The molecular weight excluding hydrogens is 578 g/mol. The summed E-state index contributed by atoms with van der Waals surface area (Å²) >= 11 is 4.71. The lowest BCUT2D eigenvalue weighted by molar-refractivity contribution is -0.136. The highest BCUT2D eigenvalue weighted by Gasteiger charge is 2.33. The molecule has 2 heterocycles. The van der Waals surface area contributed by atoms with Crippen molar-refractivity contribution in [2.45, 2.75) is 19.6 Å². The third-order valence-corrected chi connectivity index (χ3v) is 7.83. The monoisotopic (exact) mass is 599 g/mol. The summed E-state index contributed by atoms with van der Waals surface area (Å²) in [6.45, 7) is 2.03. The number of ether oxygens (including phenoxy) is 2. The third kappa shape index (κ3) is 5.35. The first-order valence-corrected chi connectivity index (χ1v) is 13.6. The van der Waals surface area contributed by atoms with Gasteiger partial charge in [0.25, 0.3) is 5.56 Å². The molecule has 1 aliphatic rings. The van der Waals surface area contributed by atoms with Crippen LogP contribution in [0.15, 0.2) is 98.3 Å². The number of esters is 1. The molecule has 1 aromatic heterocycles. The van der Waals surface area contributed by atoms with E-state index in [9.17, 15) is 14.9 Å². The van der Waals surface area contributed by atoms with Gasteiger partial charge in [-0.1, -0.05) is 69.7 Å². The average molecular weight is 600 g/mol. The quantitative estimate of drug-likeness (QED) is 0.301. The average Bonchev–Trinajstić information content (AvgIpc) is 3.26. The number of hydrogen-bond donors (Lipinski definition) is 0. The van der Waals surface area contributed by atoms with Gasteiger partial charge in [-0.15, -0.1) is 0 Å². The largest absolute Gasteiger partial charge is 0.489 e. The number of benzene rings is 3. The highest BCUT2D eigenvalue weighted by Crippen LogP contribution is 2.31. The van der Waals surface area contributed by atoms with E-state index in [2.05, 4.69) is 27.0 Å². The summed E-state index contributed by atoms with van der Waals surface area (Å²) in [7, 11) is 1.32. The van der Waals surface area contributed by atoms with Crippen molar-refractivity contribution in [3.05, 3.63) is 130 Å². The smallest absolute Gasteiger partial charge is 0.338 e. The van der Waals surface area contributed by atoms with Gasteiger partial charge in [0.2, 0.25) is 0 Å². The minimum atomic E-state index is -0.656. The normalized spacial score (nSPS) is 14.8.